The summed E-state index contributed by atoms with van der Waals surface area (Å²) in [4.78, 5) is 3.96. The number of phosphoric ester groups is 1. The van der Waals surface area contributed by atoms with Crippen LogP contribution in [-0.2, 0) is 49.4 Å². The molecule has 0 radical (unpaired) electrons. The number of alkyl halides is 5. The van der Waals surface area contributed by atoms with E-state index in [0.29, 0.717) is 34.9 Å². The van der Waals surface area contributed by atoms with E-state index in [0.717, 1.165) is 23.3 Å². The quantitative estimate of drug-likeness (QED) is 0.0701. The monoisotopic (exact) mass is 787 g/mol. The highest BCUT2D eigenvalue weighted by Gasteiger charge is 2.63. The number of benzene rings is 4. The van der Waals surface area contributed by atoms with E-state index in [-0.39, 0.29) is 11.3 Å². The first-order valence-corrected chi connectivity index (χ1v) is 17.7. The zero-order valence-corrected chi connectivity index (χ0v) is 29.2. The molecule has 0 saturated heterocycles. The van der Waals surface area contributed by atoms with Crippen LogP contribution in [0.1, 0.15) is 22.4 Å². The lowest BCUT2D eigenvalue weighted by atomic mass is 9.84. The maximum absolute atomic E-state index is 17.6. The van der Waals surface area contributed by atoms with Crippen LogP contribution < -0.4 is 4.74 Å². The third kappa shape index (κ3) is 9.61. The maximum atomic E-state index is 17.6. The lowest BCUT2D eigenvalue weighted by Gasteiger charge is -2.41. The van der Waals surface area contributed by atoms with Crippen LogP contribution in [0.3, 0.4) is 0 Å². The first-order chi connectivity index (χ1) is 26.3. The summed E-state index contributed by atoms with van der Waals surface area (Å²) >= 11 is 0. The molecule has 6 rings (SSSR count). The van der Waals surface area contributed by atoms with E-state index < -0.39 is 74.8 Å². The summed E-state index contributed by atoms with van der Waals surface area (Å²) in [5.74, 6) is -7.17. The molecule has 286 valence electrons. The van der Waals surface area contributed by atoms with Gasteiger partial charge >= 0.3 is 19.9 Å². The number of tetrazole rings is 1. The number of hydrogen-bond acceptors (Lipinski definition) is 9. The van der Waals surface area contributed by atoms with Gasteiger partial charge in [-0.1, -0.05) is 78.9 Å². The van der Waals surface area contributed by atoms with Gasteiger partial charge in [-0.3, -0.25) is 18.6 Å². The van der Waals surface area contributed by atoms with Gasteiger partial charge in [0.1, 0.15) is 29.4 Å². The minimum absolute atomic E-state index is 0.0866. The van der Waals surface area contributed by atoms with Crippen molar-refractivity contribution in [2.24, 2.45) is 0 Å². The smallest absolute Gasteiger partial charge is 0.476 e. The van der Waals surface area contributed by atoms with E-state index >= 15 is 13.2 Å². The molecule has 10 nitrogen and oxygen atoms in total. The maximum Gasteiger partial charge on any atom is 0.476 e. The summed E-state index contributed by atoms with van der Waals surface area (Å²) in [6.07, 6.45) is -2.59. The SMILES string of the molecule is O=P(OCc1ccccc1)(OCc1ccccc1)OC(Cn1cnnn1)(c1ccc(F)cc1F)C(F)(F)c1ccc(-c2ccc(OCC(F)(F)F)cc2)cn1. The molecule has 6 aromatic rings. The Labute approximate surface area is 309 Å². The second-order valence-corrected chi connectivity index (χ2v) is 13.5. The summed E-state index contributed by atoms with van der Waals surface area (Å²) in [5, 5.41) is 10.6. The standard InChI is InChI=1S/C37H29F7N5O5P/c38-30-14-17-32(33(39)19-30)35(23-49-25-46-47-48-49,54-55(50,52-21-26-7-3-1-4-8-26)53-22-27-9-5-2-6-10-27)37(43,44)34-18-13-29(20-45-34)28-11-15-31(16-12-28)51-24-36(40,41)42/h1-20,25H,21-24H2. The fourth-order valence-corrected chi connectivity index (χ4v) is 6.84. The average molecular weight is 788 g/mol. The van der Waals surface area contributed by atoms with Crippen molar-refractivity contribution in [2.75, 3.05) is 6.61 Å². The van der Waals surface area contributed by atoms with Gasteiger partial charge in [0, 0.05) is 23.4 Å². The molecule has 0 fully saturated rings. The highest BCUT2D eigenvalue weighted by Crippen LogP contribution is 2.62. The fraction of sp³-hybridized carbons (Fsp3) is 0.189. The van der Waals surface area contributed by atoms with E-state index in [1.165, 1.54) is 30.3 Å². The van der Waals surface area contributed by atoms with Crippen molar-refractivity contribution in [2.45, 2.75) is 37.5 Å². The van der Waals surface area contributed by atoms with Crippen LogP contribution in [0.2, 0.25) is 0 Å². The number of hydrogen-bond donors (Lipinski definition) is 0. The number of rotatable bonds is 16. The van der Waals surface area contributed by atoms with Crippen LogP contribution >= 0.6 is 7.82 Å². The van der Waals surface area contributed by atoms with Gasteiger partial charge in [-0.2, -0.15) is 22.0 Å². The van der Waals surface area contributed by atoms with Crippen LogP contribution in [0.15, 0.2) is 128 Å². The fourth-order valence-electron chi connectivity index (χ4n) is 5.39. The highest BCUT2D eigenvalue weighted by molar-refractivity contribution is 7.48. The summed E-state index contributed by atoms with van der Waals surface area (Å²) in [6, 6.07) is 25.7. The molecule has 1 atom stereocenters. The molecule has 4 aromatic carbocycles. The van der Waals surface area contributed by atoms with Gasteiger partial charge in [-0.05, 0) is 57.4 Å². The van der Waals surface area contributed by atoms with Crippen molar-refractivity contribution in [3.05, 3.63) is 162 Å². The second-order valence-electron chi connectivity index (χ2n) is 11.9. The Hall–Kier alpha value is -5.48. The van der Waals surface area contributed by atoms with Crippen molar-refractivity contribution >= 4 is 7.82 Å². The molecular weight excluding hydrogens is 758 g/mol. The van der Waals surface area contributed by atoms with Gasteiger partial charge in [0.05, 0.1) is 19.8 Å². The van der Waals surface area contributed by atoms with Crippen LogP contribution in [0.4, 0.5) is 30.7 Å². The summed E-state index contributed by atoms with van der Waals surface area (Å²) in [5.41, 5.74) is -3.89. The largest absolute Gasteiger partial charge is 0.484 e. The number of ether oxygens (including phenoxy) is 1. The topological polar surface area (TPSA) is 110 Å². The molecular formula is C37H29F7N5O5P. The van der Waals surface area contributed by atoms with Gasteiger partial charge in [0.2, 0.25) is 0 Å². The van der Waals surface area contributed by atoms with Gasteiger partial charge in [-0.25, -0.2) is 18.0 Å². The van der Waals surface area contributed by atoms with Crippen LogP contribution in [0.25, 0.3) is 11.1 Å². The van der Waals surface area contributed by atoms with Gasteiger partial charge in [0.25, 0.3) is 0 Å². The van der Waals surface area contributed by atoms with E-state index in [9.17, 15) is 22.1 Å². The summed E-state index contributed by atoms with van der Waals surface area (Å²) < 4.78 is 141. The van der Waals surface area contributed by atoms with Gasteiger partial charge in [0.15, 0.2) is 12.2 Å². The zero-order valence-electron chi connectivity index (χ0n) is 28.3. The number of aromatic nitrogens is 5. The molecule has 0 bridgehead atoms. The Bertz CT molecular complexity index is 2150. The summed E-state index contributed by atoms with van der Waals surface area (Å²) in [6.45, 7) is -3.56. The van der Waals surface area contributed by atoms with Crippen LogP contribution in [-0.4, -0.2) is 38.0 Å². The predicted molar refractivity (Wildman–Crippen MR) is 182 cm³/mol. The van der Waals surface area contributed by atoms with Crippen LogP contribution in [0.5, 0.6) is 5.75 Å². The lowest BCUT2D eigenvalue weighted by molar-refractivity contribution is -0.202. The van der Waals surface area contributed by atoms with Crippen LogP contribution in [0, 0.1) is 11.6 Å². The third-order valence-electron chi connectivity index (χ3n) is 8.06. The molecule has 0 aliphatic rings. The predicted octanol–water partition coefficient (Wildman–Crippen LogP) is 9.20. The normalized spacial score (nSPS) is 13.4. The first kappa shape index (κ1) is 39.2. The van der Waals surface area contributed by atoms with E-state index in [2.05, 4.69) is 20.5 Å². The molecule has 2 heterocycles. The molecule has 55 heavy (non-hydrogen) atoms. The zero-order chi connectivity index (χ0) is 39.1. The minimum Gasteiger partial charge on any atom is -0.484 e. The Morgan fingerprint density at radius 2 is 1.35 bits per heavy atom. The van der Waals surface area contributed by atoms with E-state index in [1.54, 1.807) is 60.7 Å². The molecule has 1 unspecified atom stereocenters. The molecule has 0 aliphatic heterocycles. The number of halogens is 7. The Morgan fingerprint density at radius 1 is 0.727 bits per heavy atom. The van der Waals surface area contributed by atoms with Crippen molar-refractivity contribution in [3.63, 3.8) is 0 Å². The van der Waals surface area contributed by atoms with E-state index in [4.69, 9.17) is 18.3 Å². The number of phosphoric acid groups is 1. The first-order valence-electron chi connectivity index (χ1n) is 16.2. The lowest BCUT2D eigenvalue weighted by Crippen LogP contribution is -2.49. The molecule has 18 heteroatoms. The average Bonchev–Trinajstić information content (AvgIpc) is 3.69. The second kappa shape index (κ2) is 16.5. The molecule has 0 spiro atoms. The molecule has 0 N–H and O–H groups in total. The van der Waals surface area contributed by atoms with Crippen molar-refractivity contribution < 1.29 is 53.6 Å². The molecule has 0 aliphatic carbocycles. The van der Waals surface area contributed by atoms with Crippen molar-refractivity contribution in [1.82, 2.24) is 25.2 Å². The molecule has 0 saturated carbocycles. The Kier molecular flexibility index (Phi) is 11.8. The Balaban J connectivity index is 1.44. The highest BCUT2D eigenvalue weighted by atomic mass is 31.2. The van der Waals surface area contributed by atoms with Gasteiger partial charge in [-0.15, -0.1) is 5.10 Å². The number of pyridine rings is 1. The number of nitrogens with zero attached hydrogens (tertiary/aromatic N) is 5. The van der Waals surface area contributed by atoms with Crippen molar-refractivity contribution in [1.29, 1.82) is 0 Å². The summed E-state index contributed by atoms with van der Waals surface area (Å²) in [7, 11) is -5.22. The molecule has 0 amide bonds. The van der Waals surface area contributed by atoms with E-state index in [1.807, 2.05) is 0 Å². The van der Waals surface area contributed by atoms with Gasteiger partial charge < -0.3 is 4.74 Å². The Morgan fingerprint density at radius 3 is 1.87 bits per heavy atom. The third-order valence-corrected chi connectivity index (χ3v) is 9.48. The van der Waals surface area contributed by atoms with Crippen molar-refractivity contribution in [3.8, 4) is 16.9 Å². The minimum atomic E-state index is -5.22. The molecule has 2 aromatic heterocycles.